The Morgan fingerprint density at radius 3 is 2.86 bits per heavy atom. The molecular formula is C22H22ClN5O. The molecule has 2 N–H and O–H groups in total. The van der Waals surface area contributed by atoms with Crippen LogP contribution in [0.15, 0.2) is 54.7 Å². The number of para-hydroxylation sites is 1. The van der Waals surface area contributed by atoms with Gasteiger partial charge in [-0.2, -0.15) is 0 Å². The van der Waals surface area contributed by atoms with Crippen LogP contribution in [0.3, 0.4) is 0 Å². The number of aromatic nitrogens is 2. The van der Waals surface area contributed by atoms with E-state index in [0.29, 0.717) is 16.7 Å². The fourth-order valence-corrected chi connectivity index (χ4v) is 3.55. The predicted molar refractivity (Wildman–Crippen MR) is 118 cm³/mol. The summed E-state index contributed by atoms with van der Waals surface area (Å²) >= 11 is 6.09. The van der Waals surface area contributed by atoms with E-state index in [1.54, 1.807) is 18.3 Å². The first-order valence-corrected chi connectivity index (χ1v) is 9.94. The SMILES string of the molecule is CN(CCCNc1ncc2c(n1)-c1ccc(Cl)cc1NC(=O)C2)c1ccccc1. The van der Waals surface area contributed by atoms with Gasteiger partial charge in [0.25, 0.3) is 0 Å². The summed E-state index contributed by atoms with van der Waals surface area (Å²) in [6, 6.07) is 15.7. The smallest absolute Gasteiger partial charge is 0.228 e. The van der Waals surface area contributed by atoms with Crippen molar-refractivity contribution in [2.24, 2.45) is 0 Å². The van der Waals surface area contributed by atoms with E-state index in [4.69, 9.17) is 11.6 Å². The zero-order valence-electron chi connectivity index (χ0n) is 16.2. The Kier molecular flexibility index (Phi) is 5.62. The van der Waals surface area contributed by atoms with Crippen LogP contribution in [-0.2, 0) is 11.2 Å². The molecule has 0 unspecified atom stereocenters. The quantitative estimate of drug-likeness (QED) is 0.598. The van der Waals surface area contributed by atoms with Crippen molar-refractivity contribution in [2.45, 2.75) is 12.8 Å². The minimum absolute atomic E-state index is 0.0967. The first kappa shape index (κ1) is 19.2. The number of amides is 1. The highest BCUT2D eigenvalue weighted by Gasteiger charge is 2.21. The Balaban J connectivity index is 1.44. The molecule has 0 spiro atoms. The molecule has 2 heterocycles. The molecule has 0 bridgehead atoms. The minimum atomic E-state index is -0.0967. The molecule has 0 fully saturated rings. The maximum absolute atomic E-state index is 12.2. The van der Waals surface area contributed by atoms with Gasteiger partial charge in [0.2, 0.25) is 11.9 Å². The largest absolute Gasteiger partial charge is 0.375 e. The topological polar surface area (TPSA) is 70.2 Å². The average molecular weight is 408 g/mol. The molecule has 1 aliphatic rings. The van der Waals surface area contributed by atoms with E-state index in [2.05, 4.69) is 44.7 Å². The number of carbonyl (C=O) groups excluding carboxylic acids is 1. The lowest BCUT2D eigenvalue weighted by Crippen LogP contribution is -2.21. The second-order valence-electron chi connectivity index (χ2n) is 7.02. The molecular weight excluding hydrogens is 386 g/mol. The summed E-state index contributed by atoms with van der Waals surface area (Å²) in [4.78, 5) is 23.5. The third-order valence-electron chi connectivity index (χ3n) is 4.88. The van der Waals surface area contributed by atoms with Crippen LogP contribution >= 0.6 is 11.6 Å². The molecule has 0 saturated carbocycles. The van der Waals surface area contributed by atoms with Gasteiger partial charge in [0.05, 0.1) is 17.8 Å². The van der Waals surface area contributed by atoms with Crippen LogP contribution in [0.1, 0.15) is 12.0 Å². The molecule has 0 aliphatic carbocycles. The maximum atomic E-state index is 12.2. The number of hydrogen-bond donors (Lipinski definition) is 2. The Morgan fingerprint density at radius 1 is 1.21 bits per heavy atom. The molecule has 7 heteroatoms. The highest BCUT2D eigenvalue weighted by Crippen LogP contribution is 2.34. The number of benzene rings is 2. The number of nitrogens with zero attached hydrogens (tertiary/aromatic N) is 3. The minimum Gasteiger partial charge on any atom is -0.375 e. The van der Waals surface area contributed by atoms with Gasteiger partial charge in [-0.1, -0.05) is 29.8 Å². The van der Waals surface area contributed by atoms with Crippen LogP contribution in [0.25, 0.3) is 11.3 Å². The molecule has 148 valence electrons. The molecule has 1 aromatic heterocycles. The van der Waals surface area contributed by atoms with E-state index in [0.717, 1.165) is 36.3 Å². The Labute approximate surface area is 174 Å². The van der Waals surface area contributed by atoms with Crippen LogP contribution in [0.2, 0.25) is 5.02 Å². The molecule has 29 heavy (non-hydrogen) atoms. The molecule has 6 nitrogen and oxygen atoms in total. The van der Waals surface area contributed by atoms with Gasteiger partial charge in [-0.05, 0) is 36.8 Å². The fraction of sp³-hybridized carbons (Fsp3) is 0.227. The average Bonchev–Trinajstić information content (AvgIpc) is 2.86. The van der Waals surface area contributed by atoms with Gasteiger partial charge in [0.1, 0.15) is 0 Å². The second-order valence-corrected chi connectivity index (χ2v) is 7.46. The molecule has 1 aliphatic heterocycles. The standard InChI is InChI=1S/C22H22ClN5O/c1-28(17-6-3-2-4-7-17)11-5-10-24-22-25-14-15-12-20(29)26-19-13-16(23)8-9-18(19)21(15)27-22/h2-4,6-9,13-14H,5,10-12H2,1H3,(H,26,29)(H,24,25,27). The highest BCUT2D eigenvalue weighted by molar-refractivity contribution is 6.31. The van der Waals surface area contributed by atoms with Crippen molar-refractivity contribution in [3.05, 3.63) is 65.3 Å². The van der Waals surface area contributed by atoms with Gasteiger partial charge in [0, 0.05) is 48.2 Å². The Hall–Kier alpha value is -3.12. The van der Waals surface area contributed by atoms with Crippen molar-refractivity contribution in [3.8, 4) is 11.3 Å². The summed E-state index contributed by atoms with van der Waals surface area (Å²) < 4.78 is 0. The summed E-state index contributed by atoms with van der Waals surface area (Å²) in [5.41, 5.74) is 4.29. The monoisotopic (exact) mass is 407 g/mol. The normalized spacial score (nSPS) is 12.4. The van der Waals surface area contributed by atoms with Gasteiger partial charge in [-0.15, -0.1) is 0 Å². The summed E-state index contributed by atoms with van der Waals surface area (Å²) in [6.45, 7) is 1.67. The molecule has 4 rings (SSSR count). The first-order valence-electron chi connectivity index (χ1n) is 9.56. The lowest BCUT2D eigenvalue weighted by atomic mass is 10.1. The number of nitrogens with one attached hydrogen (secondary N) is 2. The van der Waals surface area contributed by atoms with Crippen LogP contribution in [-0.4, -0.2) is 36.0 Å². The van der Waals surface area contributed by atoms with Crippen molar-refractivity contribution in [2.75, 3.05) is 35.7 Å². The van der Waals surface area contributed by atoms with Crippen molar-refractivity contribution < 1.29 is 4.79 Å². The van der Waals surface area contributed by atoms with Gasteiger partial charge in [-0.3, -0.25) is 4.79 Å². The highest BCUT2D eigenvalue weighted by atomic mass is 35.5. The van der Waals surface area contributed by atoms with Crippen molar-refractivity contribution in [1.29, 1.82) is 0 Å². The first-order chi connectivity index (χ1) is 14.1. The van der Waals surface area contributed by atoms with Crippen molar-refractivity contribution in [1.82, 2.24) is 9.97 Å². The zero-order chi connectivity index (χ0) is 20.2. The van der Waals surface area contributed by atoms with E-state index in [-0.39, 0.29) is 12.3 Å². The maximum Gasteiger partial charge on any atom is 0.228 e. The Bertz CT molecular complexity index is 1020. The van der Waals surface area contributed by atoms with Crippen molar-refractivity contribution >= 4 is 34.8 Å². The molecule has 2 aromatic carbocycles. The summed E-state index contributed by atoms with van der Waals surface area (Å²) in [5, 5.41) is 6.76. The number of rotatable bonds is 6. The van der Waals surface area contributed by atoms with Crippen LogP contribution in [0.5, 0.6) is 0 Å². The second kappa shape index (κ2) is 8.49. The molecule has 0 radical (unpaired) electrons. The number of anilines is 3. The fourth-order valence-electron chi connectivity index (χ4n) is 3.38. The van der Waals surface area contributed by atoms with Gasteiger partial charge >= 0.3 is 0 Å². The van der Waals surface area contributed by atoms with E-state index in [1.165, 1.54) is 5.69 Å². The van der Waals surface area contributed by atoms with E-state index in [9.17, 15) is 4.79 Å². The number of hydrogen-bond acceptors (Lipinski definition) is 5. The molecule has 0 saturated heterocycles. The van der Waals surface area contributed by atoms with Crippen LogP contribution in [0, 0.1) is 0 Å². The van der Waals surface area contributed by atoms with E-state index >= 15 is 0 Å². The molecule has 1 amide bonds. The van der Waals surface area contributed by atoms with Gasteiger partial charge < -0.3 is 15.5 Å². The van der Waals surface area contributed by atoms with E-state index < -0.39 is 0 Å². The third-order valence-corrected chi connectivity index (χ3v) is 5.11. The number of halogens is 1. The lowest BCUT2D eigenvalue weighted by Gasteiger charge is -2.19. The van der Waals surface area contributed by atoms with Crippen molar-refractivity contribution in [3.63, 3.8) is 0 Å². The molecule has 3 aromatic rings. The summed E-state index contributed by atoms with van der Waals surface area (Å²) in [6.07, 6.45) is 2.91. The third kappa shape index (κ3) is 4.49. The number of fused-ring (bicyclic) bond motifs is 3. The summed E-state index contributed by atoms with van der Waals surface area (Å²) in [7, 11) is 2.08. The van der Waals surface area contributed by atoms with E-state index in [1.807, 2.05) is 24.3 Å². The summed E-state index contributed by atoms with van der Waals surface area (Å²) in [5.74, 6) is 0.460. The molecule has 0 atom stereocenters. The zero-order valence-corrected chi connectivity index (χ0v) is 16.9. The van der Waals surface area contributed by atoms with Gasteiger partial charge in [-0.25, -0.2) is 9.97 Å². The van der Waals surface area contributed by atoms with Crippen LogP contribution < -0.4 is 15.5 Å². The predicted octanol–water partition coefficient (Wildman–Crippen LogP) is 4.23. The van der Waals surface area contributed by atoms with Crippen LogP contribution in [0.4, 0.5) is 17.3 Å². The lowest BCUT2D eigenvalue weighted by molar-refractivity contribution is -0.115. The van der Waals surface area contributed by atoms with Gasteiger partial charge in [0.15, 0.2) is 0 Å². The number of carbonyl (C=O) groups is 1. The Morgan fingerprint density at radius 2 is 2.03 bits per heavy atom.